The second-order valence-electron chi connectivity index (χ2n) is 13.4. The molecule has 1 saturated heterocycles. The van der Waals surface area contributed by atoms with Gasteiger partial charge in [0, 0.05) is 11.8 Å². The predicted molar refractivity (Wildman–Crippen MR) is 160 cm³/mol. The van der Waals surface area contributed by atoms with Crippen LogP contribution in [0.5, 0.6) is 0 Å². The molecule has 0 bridgehead atoms. The quantitative estimate of drug-likeness (QED) is 0.220. The lowest BCUT2D eigenvalue weighted by Gasteiger charge is -2.57. The van der Waals surface area contributed by atoms with Gasteiger partial charge in [-0.2, -0.15) is 0 Å². The third kappa shape index (κ3) is 5.06. The molecular formula is C33H38N2O9-2. The number of esters is 2. The summed E-state index contributed by atoms with van der Waals surface area (Å²) in [5, 5.41) is 39.8. The number of benzene rings is 2. The fourth-order valence-electron chi connectivity index (χ4n) is 8.26. The average Bonchev–Trinajstić information content (AvgIpc) is 3.27. The Morgan fingerprint density at radius 1 is 0.886 bits per heavy atom. The second-order valence-corrected chi connectivity index (χ2v) is 13.4. The van der Waals surface area contributed by atoms with Crippen molar-refractivity contribution in [1.29, 1.82) is 0 Å². The molecule has 0 radical (unpaired) electrons. The van der Waals surface area contributed by atoms with Crippen molar-refractivity contribution in [2.75, 3.05) is 17.1 Å². The number of rotatable bonds is 6. The van der Waals surface area contributed by atoms with Crippen LogP contribution < -0.4 is 10.5 Å². The van der Waals surface area contributed by atoms with E-state index in [9.17, 15) is 20.0 Å². The van der Waals surface area contributed by atoms with Gasteiger partial charge in [0.05, 0.1) is 35.2 Å². The predicted octanol–water partition coefficient (Wildman–Crippen LogP) is 6.17. The standard InChI is InChI=1S/C33H38N2O9/c1-31-16-14-25(43-29(36)20-4-9-23(10-5-20)34(38)39)18-22(31)8-13-26-27(31)15-17-32(2)28(26)42-19-33(32,3)44-30(37)21-6-11-24(12-7-21)35(40)41/h4-12,25-28,38,40H,13-19H2,1-3H3/q-2/t25-,26+,27-,28-,31-,32-,33+/m0/s1. The van der Waals surface area contributed by atoms with Gasteiger partial charge in [-0.25, -0.2) is 9.59 Å². The second kappa shape index (κ2) is 11.1. The highest BCUT2D eigenvalue weighted by Crippen LogP contribution is 2.64. The molecule has 7 atom stereocenters. The van der Waals surface area contributed by atoms with E-state index in [1.807, 2.05) is 6.92 Å². The fraction of sp³-hybridized carbons (Fsp3) is 0.515. The lowest BCUT2D eigenvalue weighted by atomic mass is 9.48. The van der Waals surface area contributed by atoms with Crippen molar-refractivity contribution in [3.8, 4) is 0 Å². The van der Waals surface area contributed by atoms with Crippen molar-refractivity contribution >= 4 is 23.3 Å². The monoisotopic (exact) mass is 606 g/mol. The molecule has 236 valence electrons. The molecule has 11 nitrogen and oxygen atoms in total. The van der Waals surface area contributed by atoms with E-state index in [2.05, 4.69) is 19.9 Å². The Bertz CT molecular complexity index is 1440. The molecule has 2 aromatic carbocycles. The number of fused-ring (bicyclic) bond motifs is 5. The molecular weight excluding hydrogens is 568 g/mol. The van der Waals surface area contributed by atoms with Gasteiger partial charge >= 0.3 is 11.9 Å². The maximum absolute atomic E-state index is 13.2. The number of hydrogen-bond acceptors (Lipinski definition) is 11. The first kappa shape index (κ1) is 30.5. The van der Waals surface area contributed by atoms with E-state index in [0.717, 1.165) is 32.1 Å². The minimum atomic E-state index is -0.835. The number of ether oxygens (including phenoxy) is 3. The Hall–Kier alpha value is -3.48. The SMILES string of the molecule is C[C@]12CC[C@H](OC(=O)c3ccc(N([O-])O)cc3)CC1=CC[C@@H]1[C@@H]2CC[C@@]2(C)[C@H]1OC[C@@]2(C)OC(=O)c1ccc(N([O-])O)cc1. The van der Waals surface area contributed by atoms with Crippen molar-refractivity contribution in [2.45, 2.75) is 77.1 Å². The lowest BCUT2D eigenvalue weighted by Crippen LogP contribution is -2.57. The molecule has 3 fully saturated rings. The van der Waals surface area contributed by atoms with E-state index >= 15 is 0 Å². The van der Waals surface area contributed by atoms with Crippen molar-refractivity contribution in [1.82, 2.24) is 0 Å². The molecule has 3 aliphatic carbocycles. The Morgan fingerprint density at radius 3 is 2.07 bits per heavy atom. The zero-order chi connectivity index (χ0) is 31.4. The Kier molecular flexibility index (Phi) is 7.74. The zero-order valence-corrected chi connectivity index (χ0v) is 25.1. The van der Waals surface area contributed by atoms with E-state index in [4.69, 9.17) is 24.6 Å². The number of carbonyl (C=O) groups is 2. The summed E-state index contributed by atoms with van der Waals surface area (Å²) in [7, 11) is 0. The molecule has 6 rings (SSSR count). The maximum atomic E-state index is 13.2. The number of anilines is 2. The summed E-state index contributed by atoms with van der Waals surface area (Å²) in [6.07, 6.45) is 6.91. The molecule has 1 aliphatic heterocycles. The fourth-order valence-corrected chi connectivity index (χ4v) is 8.26. The first-order valence-corrected chi connectivity index (χ1v) is 15.1. The van der Waals surface area contributed by atoms with E-state index in [1.165, 1.54) is 54.1 Å². The van der Waals surface area contributed by atoms with Crippen LogP contribution >= 0.6 is 0 Å². The Morgan fingerprint density at radius 2 is 1.48 bits per heavy atom. The van der Waals surface area contributed by atoms with Crippen LogP contribution in [-0.4, -0.2) is 46.8 Å². The van der Waals surface area contributed by atoms with Gasteiger partial charge < -0.3 is 35.1 Å². The first-order chi connectivity index (χ1) is 20.8. The van der Waals surface area contributed by atoms with Gasteiger partial charge in [-0.15, -0.1) is 0 Å². The van der Waals surface area contributed by atoms with Crippen molar-refractivity contribution in [3.63, 3.8) is 0 Å². The van der Waals surface area contributed by atoms with Gasteiger partial charge in [0.25, 0.3) is 0 Å². The van der Waals surface area contributed by atoms with Crippen LogP contribution in [0.3, 0.4) is 0 Å². The summed E-state index contributed by atoms with van der Waals surface area (Å²) in [6, 6.07) is 11.3. The summed E-state index contributed by atoms with van der Waals surface area (Å²) in [6.45, 7) is 6.74. The molecule has 44 heavy (non-hydrogen) atoms. The largest absolute Gasteiger partial charge is 0.733 e. The molecule has 0 aromatic heterocycles. The summed E-state index contributed by atoms with van der Waals surface area (Å²) in [5.41, 5.74) is 0.740. The highest BCUT2D eigenvalue weighted by atomic mass is 16.8. The van der Waals surface area contributed by atoms with E-state index in [1.54, 1.807) is 0 Å². The van der Waals surface area contributed by atoms with Crippen molar-refractivity contribution in [3.05, 3.63) is 81.7 Å². The van der Waals surface area contributed by atoms with Crippen LogP contribution in [0.2, 0.25) is 0 Å². The highest BCUT2D eigenvalue weighted by molar-refractivity contribution is 5.90. The van der Waals surface area contributed by atoms with Crippen molar-refractivity contribution in [2.24, 2.45) is 22.7 Å². The third-order valence-corrected chi connectivity index (χ3v) is 11.1. The smallest absolute Gasteiger partial charge is 0.338 e. The van der Waals surface area contributed by atoms with Crippen LogP contribution in [0, 0.1) is 33.1 Å². The number of allylic oxidation sites excluding steroid dienone is 1. The van der Waals surface area contributed by atoms with E-state index in [0.29, 0.717) is 30.1 Å². The Labute approximate surface area is 256 Å². The van der Waals surface area contributed by atoms with Crippen LogP contribution in [0.1, 0.15) is 80.0 Å². The number of carbonyl (C=O) groups excluding carboxylic acids is 2. The van der Waals surface area contributed by atoms with E-state index in [-0.39, 0.29) is 50.8 Å². The maximum Gasteiger partial charge on any atom is 0.338 e. The first-order valence-electron chi connectivity index (χ1n) is 15.1. The summed E-state index contributed by atoms with van der Waals surface area (Å²) >= 11 is 0. The Balaban J connectivity index is 1.13. The normalized spacial score (nSPS) is 34.1. The van der Waals surface area contributed by atoms with Gasteiger partial charge in [0.2, 0.25) is 0 Å². The van der Waals surface area contributed by atoms with Gasteiger partial charge in [0.15, 0.2) is 0 Å². The molecule has 2 aromatic rings. The minimum Gasteiger partial charge on any atom is -0.733 e. The van der Waals surface area contributed by atoms with Gasteiger partial charge in [-0.3, -0.25) is 10.4 Å². The lowest BCUT2D eigenvalue weighted by molar-refractivity contribution is -0.116. The molecule has 1 heterocycles. The molecule has 0 amide bonds. The van der Waals surface area contributed by atoms with Crippen LogP contribution in [0.25, 0.3) is 0 Å². The zero-order valence-electron chi connectivity index (χ0n) is 25.1. The molecule has 4 aliphatic rings. The van der Waals surface area contributed by atoms with Crippen LogP contribution in [0.4, 0.5) is 11.4 Å². The van der Waals surface area contributed by atoms with Crippen molar-refractivity contribution < 1.29 is 34.2 Å². The number of hydrogen-bond donors (Lipinski definition) is 2. The van der Waals surface area contributed by atoms with Gasteiger partial charge in [-0.05, 0) is 105 Å². The number of nitrogens with zero attached hydrogens (tertiary/aromatic N) is 2. The third-order valence-electron chi connectivity index (χ3n) is 11.1. The molecule has 0 spiro atoms. The van der Waals surface area contributed by atoms with Crippen LogP contribution in [-0.2, 0) is 14.2 Å². The molecule has 2 N–H and O–H groups in total. The summed E-state index contributed by atoms with van der Waals surface area (Å²) in [4.78, 5) is 26.0. The molecule has 2 saturated carbocycles. The van der Waals surface area contributed by atoms with Gasteiger partial charge in [-0.1, -0.05) is 25.5 Å². The van der Waals surface area contributed by atoms with E-state index < -0.39 is 17.5 Å². The molecule has 11 heteroatoms. The summed E-state index contributed by atoms with van der Waals surface area (Å²) < 4.78 is 18.5. The topological polar surface area (TPSA) is 155 Å². The van der Waals surface area contributed by atoms with Gasteiger partial charge in [0.1, 0.15) is 11.7 Å². The average molecular weight is 607 g/mol. The highest BCUT2D eigenvalue weighted by Gasteiger charge is 2.65. The molecule has 0 unspecified atom stereocenters. The summed E-state index contributed by atoms with van der Waals surface area (Å²) in [5.74, 6) is -0.297. The minimum absolute atomic E-state index is 0.0271. The van der Waals surface area contributed by atoms with Crippen LogP contribution in [0.15, 0.2) is 60.2 Å².